The maximum atomic E-state index is 14.3. The molecule has 0 saturated heterocycles. The highest BCUT2D eigenvalue weighted by Gasteiger charge is 2.17. The Balaban J connectivity index is 1.55. The number of nitrogens with zero attached hydrogens (tertiary/aromatic N) is 2. The number of para-hydroxylation sites is 1. The van der Waals surface area contributed by atoms with Gasteiger partial charge in [0.05, 0.1) is 11.2 Å². The molecular formula is C34H20F2N2. The maximum absolute atomic E-state index is 14.3. The average molecular weight is 495 g/mol. The third kappa shape index (κ3) is 3.61. The van der Waals surface area contributed by atoms with Crippen molar-refractivity contribution in [2.24, 2.45) is 0 Å². The molecule has 2 aromatic heterocycles. The zero-order chi connectivity index (χ0) is 25.6. The average Bonchev–Trinajstić information content (AvgIpc) is 2.98. The Kier molecular flexibility index (Phi) is 5.19. The lowest BCUT2D eigenvalue weighted by Crippen LogP contribution is -1.94. The first-order valence-electron chi connectivity index (χ1n) is 12.4. The molecule has 7 rings (SSSR count). The van der Waals surface area contributed by atoms with E-state index >= 15 is 0 Å². The SMILES string of the molecule is Fc1ccc(-c2nc3ccccc3c3c2cc(-c2ccc(-c4cccnc4)cc2)c2ccccc23)cc1F. The Labute approximate surface area is 217 Å². The Bertz CT molecular complexity index is 1980. The smallest absolute Gasteiger partial charge is 0.159 e. The second kappa shape index (κ2) is 8.86. The van der Waals surface area contributed by atoms with E-state index in [1.165, 1.54) is 6.07 Å². The van der Waals surface area contributed by atoms with Crippen molar-refractivity contribution in [1.82, 2.24) is 9.97 Å². The molecule has 0 amide bonds. The van der Waals surface area contributed by atoms with Gasteiger partial charge in [-0.15, -0.1) is 0 Å². The Morgan fingerprint density at radius 3 is 1.97 bits per heavy atom. The molecule has 0 spiro atoms. The van der Waals surface area contributed by atoms with Gasteiger partial charge >= 0.3 is 0 Å². The molecule has 0 saturated carbocycles. The molecule has 0 bridgehead atoms. The number of rotatable bonds is 3. The van der Waals surface area contributed by atoms with Crippen LogP contribution in [0, 0.1) is 11.6 Å². The summed E-state index contributed by atoms with van der Waals surface area (Å²) in [6.45, 7) is 0. The third-order valence-corrected chi connectivity index (χ3v) is 7.09. The standard InChI is InChI=1S/C34H20F2N2/c35-30-16-15-23(18-31(30)36)34-29-19-28(22-13-11-21(12-14-22)24-6-5-17-37-20-24)25-7-1-2-8-26(25)33(29)27-9-3-4-10-32(27)38-34/h1-20H. The minimum atomic E-state index is -0.891. The molecule has 2 nitrogen and oxygen atoms in total. The minimum Gasteiger partial charge on any atom is -0.264 e. The number of hydrogen-bond donors (Lipinski definition) is 0. The molecule has 0 aliphatic heterocycles. The number of aromatic nitrogens is 2. The van der Waals surface area contributed by atoms with Gasteiger partial charge in [-0.25, -0.2) is 13.8 Å². The summed E-state index contributed by atoms with van der Waals surface area (Å²) in [6.07, 6.45) is 3.62. The van der Waals surface area contributed by atoms with E-state index in [1.54, 1.807) is 12.3 Å². The van der Waals surface area contributed by atoms with E-state index in [-0.39, 0.29) is 0 Å². The highest BCUT2D eigenvalue weighted by molar-refractivity contribution is 6.25. The van der Waals surface area contributed by atoms with E-state index in [9.17, 15) is 8.78 Å². The van der Waals surface area contributed by atoms with E-state index in [4.69, 9.17) is 4.98 Å². The van der Waals surface area contributed by atoms with E-state index in [0.29, 0.717) is 11.3 Å². The van der Waals surface area contributed by atoms with Crippen molar-refractivity contribution >= 4 is 32.4 Å². The van der Waals surface area contributed by atoms with Gasteiger partial charge in [0.15, 0.2) is 11.6 Å². The molecule has 4 heteroatoms. The molecule has 2 heterocycles. The first kappa shape index (κ1) is 22.3. The molecule has 0 N–H and O–H groups in total. The van der Waals surface area contributed by atoms with Gasteiger partial charge in [0.1, 0.15) is 0 Å². The number of benzene rings is 5. The molecule has 0 radical (unpaired) electrons. The van der Waals surface area contributed by atoms with Crippen LogP contribution in [0.5, 0.6) is 0 Å². The van der Waals surface area contributed by atoms with Gasteiger partial charge < -0.3 is 0 Å². The normalized spacial score (nSPS) is 11.4. The summed E-state index contributed by atoms with van der Waals surface area (Å²) in [6, 6.07) is 34.8. The molecular weight excluding hydrogens is 474 g/mol. The summed E-state index contributed by atoms with van der Waals surface area (Å²) in [5.41, 5.74) is 6.20. The van der Waals surface area contributed by atoms with Crippen molar-refractivity contribution in [3.8, 4) is 33.5 Å². The van der Waals surface area contributed by atoms with Crippen molar-refractivity contribution < 1.29 is 8.78 Å². The van der Waals surface area contributed by atoms with Crippen LogP contribution in [0.2, 0.25) is 0 Å². The van der Waals surface area contributed by atoms with Crippen molar-refractivity contribution in [3.63, 3.8) is 0 Å². The van der Waals surface area contributed by atoms with Crippen LogP contribution in [0.1, 0.15) is 0 Å². The second-order valence-electron chi connectivity index (χ2n) is 9.32. The molecule has 180 valence electrons. The fourth-order valence-corrected chi connectivity index (χ4v) is 5.29. The summed E-state index contributed by atoms with van der Waals surface area (Å²) in [4.78, 5) is 9.18. The number of hydrogen-bond acceptors (Lipinski definition) is 2. The monoisotopic (exact) mass is 494 g/mol. The van der Waals surface area contributed by atoms with Gasteiger partial charge in [-0.05, 0) is 69.4 Å². The fraction of sp³-hybridized carbons (Fsp3) is 0. The van der Waals surface area contributed by atoms with Gasteiger partial charge in [0, 0.05) is 34.1 Å². The molecule has 38 heavy (non-hydrogen) atoms. The molecule has 0 unspecified atom stereocenters. The lowest BCUT2D eigenvalue weighted by Gasteiger charge is -2.16. The Morgan fingerprint density at radius 2 is 1.21 bits per heavy atom. The molecule has 0 fully saturated rings. The number of halogens is 2. The second-order valence-corrected chi connectivity index (χ2v) is 9.32. The van der Waals surface area contributed by atoms with Gasteiger partial charge in [0.2, 0.25) is 0 Å². The van der Waals surface area contributed by atoms with Crippen LogP contribution in [-0.4, -0.2) is 9.97 Å². The van der Waals surface area contributed by atoms with Crippen molar-refractivity contribution in [1.29, 1.82) is 0 Å². The molecule has 0 aliphatic carbocycles. The van der Waals surface area contributed by atoms with E-state index in [1.807, 2.05) is 48.7 Å². The number of fused-ring (bicyclic) bond motifs is 5. The molecule has 5 aromatic carbocycles. The van der Waals surface area contributed by atoms with Crippen LogP contribution in [0.15, 0.2) is 122 Å². The highest BCUT2D eigenvalue weighted by atomic mass is 19.2. The predicted octanol–water partition coefficient (Wildman–Crippen LogP) is 9.22. The summed E-state index contributed by atoms with van der Waals surface area (Å²) >= 11 is 0. The van der Waals surface area contributed by atoms with Crippen molar-refractivity contribution in [2.45, 2.75) is 0 Å². The topological polar surface area (TPSA) is 25.8 Å². The van der Waals surface area contributed by atoms with E-state index < -0.39 is 11.6 Å². The summed E-state index contributed by atoms with van der Waals surface area (Å²) in [5, 5.41) is 5.14. The first-order chi connectivity index (χ1) is 18.7. The molecule has 7 aromatic rings. The zero-order valence-electron chi connectivity index (χ0n) is 20.2. The summed E-state index contributed by atoms with van der Waals surface area (Å²) in [5.74, 6) is -1.77. The highest BCUT2D eigenvalue weighted by Crippen LogP contribution is 2.42. The van der Waals surface area contributed by atoms with Crippen molar-refractivity contribution in [2.75, 3.05) is 0 Å². The molecule has 0 aliphatic rings. The van der Waals surface area contributed by atoms with Crippen LogP contribution in [0.25, 0.3) is 66.0 Å². The first-order valence-corrected chi connectivity index (χ1v) is 12.4. The van der Waals surface area contributed by atoms with E-state index in [2.05, 4.69) is 53.5 Å². The lowest BCUT2D eigenvalue weighted by molar-refractivity contribution is 0.509. The zero-order valence-corrected chi connectivity index (χ0v) is 20.2. The van der Waals surface area contributed by atoms with Gasteiger partial charge in [-0.1, -0.05) is 72.8 Å². The third-order valence-electron chi connectivity index (χ3n) is 7.09. The van der Waals surface area contributed by atoms with Crippen LogP contribution in [0.4, 0.5) is 8.78 Å². The minimum absolute atomic E-state index is 0.535. The van der Waals surface area contributed by atoms with Crippen LogP contribution < -0.4 is 0 Å². The molecule has 0 atom stereocenters. The van der Waals surface area contributed by atoms with Crippen LogP contribution in [0.3, 0.4) is 0 Å². The van der Waals surface area contributed by atoms with Crippen LogP contribution in [-0.2, 0) is 0 Å². The predicted molar refractivity (Wildman–Crippen MR) is 151 cm³/mol. The summed E-state index contributed by atoms with van der Waals surface area (Å²) in [7, 11) is 0. The van der Waals surface area contributed by atoms with E-state index in [0.717, 1.165) is 60.8 Å². The summed E-state index contributed by atoms with van der Waals surface area (Å²) < 4.78 is 28.2. The number of pyridine rings is 2. The Morgan fingerprint density at radius 1 is 0.500 bits per heavy atom. The Hall–Kier alpha value is -4.96. The van der Waals surface area contributed by atoms with Crippen molar-refractivity contribution in [3.05, 3.63) is 133 Å². The maximum Gasteiger partial charge on any atom is 0.159 e. The van der Waals surface area contributed by atoms with Gasteiger partial charge in [0.25, 0.3) is 0 Å². The largest absolute Gasteiger partial charge is 0.264 e. The fourth-order valence-electron chi connectivity index (χ4n) is 5.29. The lowest BCUT2D eigenvalue weighted by atomic mass is 9.89. The van der Waals surface area contributed by atoms with Crippen LogP contribution >= 0.6 is 0 Å². The quantitative estimate of drug-likeness (QED) is 0.229. The van der Waals surface area contributed by atoms with Gasteiger partial charge in [-0.2, -0.15) is 0 Å². The van der Waals surface area contributed by atoms with Gasteiger partial charge in [-0.3, -0.25) is 4.98 Å².